The highest BCUT2D eigenvalue weighted by molar-refractivity contribution is 5.77. The molecule has 4 nitrogen and oxygen atoms in total. The second kappa shape index (κ2) is 5.58. The minimum atomic E-state index is -0.0452. The molecule has 1 aromatic carbocycles. The van der Waals surface area contributed by atoms with E-state index < -0.39 is 0 Å². The van der Waals surface area contributed by atoms with E-state index in [2.05, 4.69) is 5.32 Å². The number of nitrogens with zero attached hydrogens (tertiary/aromatic N) is 1. The summed E-state index contributed by atoms with van der Waals surface area (Å²) in [6.45, 7) is 2.48. The topological polar surface area (TPSA) is 47.2 Å². The van der Waals surface area contributed by atoms with E-state index in [0.29, 0.717) is 6.54 Å². The fourth-order valence-corrected chi connectivity index (χ4v) is 2.54. The molecule has 3 rings (SSSR count). The Morgan fingerprint density at radius 2 is 2.00 bits per heavy atom. The van der Waals surface area contributed by atoms with Crippen molar-refractivity contribution >= 4 is 11.0 Å². The number of aryl methyl sites for hydroxylation is 1. The van der Waals surface area contributed by atoms with Gasteiger partial charge in [-0.05, 0) is 32.2 Å². The van der Waals surface area contributed by atoms with E-state index in [4.69, 9.17) is 4.42 Å². The Balaban J connectivity index is 1.97. The predicted octanol–water partition coefficient (Wildman–Crippen LogP) is 2.86. The van der Waals surface area contributed by atoms with Gasteiger partial charge in [0.1, 0.15) is 11.3 Å². The monoisotopic (exact) mass is 282 g/mol. The van der Waals surface area contributed by atoms with Crippen LogP contribution in [0.25, 0.3) is 11.0 Å². The van der Waals surface area contributed by atoms with Crippen LogP contribution in [0.2, 0.25) is 0 Å². The molecule has 2 heterocycles. The highest BCUT2D eigenvalue weighted by Crippen LogP contribution is 2.24. The molecule has 1 unspecified atom stereocenters. The number of para-hydroxylation sites is 1. The Morgan fingerprint density at radius 1 is 1.19 bits per heavy atom. The average molecular weight is 282 g/mol. The summed E-state index contributed by atoms with van der Waals surface area (Å²) in [5.74, 6) is 0.842. The number of nitrogens with one attached hydrogen (secondary N) is 1. The van der Waals surface area contributed by atoms with Crippen LogP contribution in [0.1, 0.15) is 17.5 Å². The molecule has 4 heteroatoms. The second-order valence-electron chi connectivity index (χ2n) is 5.14. The third kappa shape index (κ3) is 2.62. The molecule has 0 spiro atoms. The van der Waals surface area contributed by atoms with Crippen molar-refractivity contribution < 1.29 is 4.42 Å². The first-order chi connectivity index (χ1) is 10.2. The number of hydrogen-bond donors (Lipinski definition) is 1. The van der Waals surface area contributed by atoms with Gasteiger partial charge in [0.15, 0.2) is 0 Å². The maximum absolute atomic E-state index is 12.0. The van der Waals surface area contributed by atoms with Gasteiger partial charge in [-0.15, -0.1) is 0 Å². The number of pyridine rings is 1. The Kier molecular flexibility index (Phi) is 3.62. The van der Waals surface area contributed by atoms with Gasteiger partial charge in [0.2, 0.25) is 0 Å². The van der Waals surface area contributed by atoms with E-state index >= 15 is 0 Å². The number of benzene rings is 1. The molecule has 0 radical (unpaired) electrons. The van der Waals surface area contributed by atoms with Crippen molar-refractivity contribution in [3.05, 3.63) is 70.3 Å². The predicted molar refractivity (Wildman–Crippen MR) is 83.5 cm³/mol. The second-order valence-corrected chi connectivity index (χ2v) is 5.14. The van der Waals surface area contributed by atoms with Crippen LogP contribution in [0.15, 0.2) is 57.7 Å². The first-order valence-corrected chi connectivity index (χ1v) is 7.01. The summed E-state index contributed by atoms with van der Waals surface area (Å²) < 4.78 is 7.65. The fraction of sp³-hybridized carbons (Fsp3) is 0.235. The summed E-state index contributed by atoms with van der Waals surface area (Å²) in [4.78, 5) is 12.0. The molecule has 108 valence electrons. The van der Waals surface area contributed by atoms with E-state index in [-0.39, 0.29) is 11.6 Å². The summed E-state index contributed by atoms with van der Waals surface area (Å²) in [5.41, 5.74) is 1.81. The van der Waals surface area contributed by atoms with Gasteiger partial charge in [0.25, 0.3) is 5.56 Å². The summed E-state index contributed by atoms with van der Waals surface area (Å²) in [6.07, 6.45) is 0. The van der Waals surface area contributed by atoms with Crippen LogP contribution in [0.5, 0.6) is 0 Å². The zero-order chi connectivity index (χ0) is 14.8. The Bertz CT molecular complexity index is 784. The van der Waals surface area contributed by atoms with Gasteiger partial charge in [-0.1, -0.05) is 24.3 Å². The molecule has 0 saturated carbocycles. The molecular weight excluding hydrogens is 264 g/mol. The van der Waals surface area contributed by atoms with Gasteiger partial charge in [-0.25, -0.2) is 0 Å². The van der Waals surface area contributed by atoms with Crippen LogP contribution in [-0.2, 0) is 6.54 Å². The third-order valence-electron chi connectivity index (χ3n) is 3.77. The van der Waals surface area contributed by atoms with Gasteiger partial charge < -0.3 is 14.3 Å². The summed E-state index contributed by atoms with van der Waals surface area (Å²) in [5, 5.41) is 4.30. The minimum absolute atomic E-state index is 0.00589. The van der Waals surface area contributed by atoms with Gasteiger partial charge in [-0.2, -0.15) is 0 Å². The zero-order valence-corrected chi connectivity index (χ0v) is 12.2. The quantitative estimate of drug-likeness (QED) is 0.800. The third-order valence-corrected chi connectivity index (χ3v) is 3.77. The van der Waals surface area contributed by atoms with Crippen molar-refractivity contribution in [3.63, 3.8) is 0 Å². The molecule has 1 atom stereocenters. The first-order valence-electron chi connectivity index (χ1n) is 7.01. The van der Waals surface area contributed by atoms with E-state index in [9.17, 15) is 4.79 Å². The standard InChI is InChI=1S/C17H18N2O2/c1-12-6-5-9-17(20)19(12)11-14(18-2)16-10-13-7-3-4-8-15(13)21-16/h3-10,14,18H,11H2,1-2H3. The van der Waals surface area contributed by atoms with Gasteiger partial charge in [-0.3, -0.25) is 4.79 Å². The van der Waals surface area contributed by atoms with Crippen LogP contribution in [0, 0.1) is 6.92 Å². The van der Waals surface area contributed by atoms with Gasteiger partial charge in [0.05, 0.1) is 6.04 Å². The van der Waals surface area contributed by atoms with Crippen molar-refractivity contribution in [3.8, 4) is 0 Å². The Hall–Kier alpha value is -2.33. The van der Waals surface area contributed by atoms with E-state index in [1.807, 2.05) is 50.4 Å². The molecule has 0 amide bonds. The lowest BCUT2D eigenvalue weighted by Crippen LogP contribution is -2.29. The summed E-state index contributed by atoms with van der Waals surface area (Å²) in [6, 6.07) is 15.2. The molecule has 1 N–H and O–H groups in total. The molecule has 0 aliphatic carbocycles. The lowest BCUT2D eigenvalue weighted by atomic mass is 10.2. The number of aromatic nitrogens is 1. The number of hydrogen-bond acceptors (Lipinski definition) is 3. The Labute approximate surface area is 123 Å². The Morgan fingerprint density at radius 3 is 2.71 bits per heavy atom. The van der Waals surface area contributed by atoms with Crippen LogP contribution in [0.4, 0.5) is 0 Å². The molecule has 0 aliphatic heterocycles. The van der Waals surface area contributed by atoms with Crippen LogP contribution in [-0.4, -0.2) is 11.6 Å². The van der Waals surface area contributed by atoms with Crippen molar-refractivity contribution in [2.24, 2.45) is 0 Å². The lowest BCUT2D eigenvalue weighted by molar-refractivity contribution is 0.403. The molecule has 2 aromatic heterocycles. The average Bonchev–Trinajstić information content (AvgIpc) is 2.90. The molecule has 0 fully saturated rings. The largest absolute Gasteiger partial charge is 0.459 e. The normalized spacial score (nSPS) is 12.7. The van der Waals surface area contributed by atoms with Crippen molar-refractivity contribution in [2.75, 3.05) is 7.05 Å². The van der Waals surface area contributed by atoms with Crippen molar-refractivity contribution in [2.45, 2.75) is 19.5 Å². The van der Waals surface area contributed by atoms with E-state index in [0.717, 1.165) is 22.4 Å². The van der Waals surface area contributed by atoms with Crippen LogP contribution < -0.4 is 10.9 Å². The fourth-order valence-electron chi connectivity index (χ4n) is 2.54. The maximum Gasteiger partial charge on any atom is 0.250 e. The van der Waals surface area contributed by atoms with E-state index in [1.54, 1.807) is 16.7 Å². The molecule has 0 bridgehead atoms. The molecular formula is C17H18N2O2. The van der Waals surface area contributed by atoms with Crippen LogP contribution in [0.3, 0.4) is 0 Å². The molecule has 0 aliphatic rings. The van der Waals surface area contributed by atoms with E-state index in [1.165, 1.54) is 0 Å². The van der Waals surface area contributed by atoms with Gasteiger partial charge in [0, 0.05) is 23.7 Å². The first kappa shape index (κ1) is 13.6. The maximum atomic E-state index is 12.0. The SMILES string of the molecule is CNC(Cn1c(C)cccc1=O)c1cc2ccccc2o1. The molecule has 3 aromatic rings. The van der Waals surface area contributed by atoms with Gasteiger partial charge >= 0.3 is 0 Å². The number of likely N-dealkylation sites (N-methyl/N-ethyl adjacent to an activating group) is 1. The lowest BCUT2D eigenvalue weighted by Gasteiger charge is -2.17. The zero-order valence-electron chi connectivity index (χ0n) is 12.2. The van der Waals surface area contributed by atoms with Crippen molar-refractivity contribution in [1.29, 1.82) is 0 Å². The van der Waals surface area contributed by atoms with Crippen LogP contribution >= 0.6 is 0 Å². The summed E-state index contributed by atoms with van der Waals surface area (Å²) in [7, 11) is 1.88. The molecule has 0 saturated heterocycles. The minimum Gasteiger partial charge on any atom is -0.459 e. The highest BCUT2D eigenvalue weighted by Gasteiger charge is 2.16. The summed E-state index contributed by atoms with van der Waals surface area (Å²) >= 11 is 0. The number of furan rings is 1. The number of rotatable bonds is 4. The smallest absolute Gasteiger partial charge is 0.250 e. The molecule has 21 heavy (non-hydrogen) atoms. The number of fused-ring (bicyclic) bond motifs is 1. The van der Waals surface area contributed by atoms with Crippen molar-refractivity contribution in [1.82, 2.24) is 9.88 Å². The highest BCUT2D eigenvalue weighted by atomic mass is 16.3.